The van der Waals surface area contributed by atoms with Crippen LogP contribution in [0.25, 0.3) is 6.08 Å². The number of benzene rings is 3. The summed E-state index contributed by atoms with van der Waals surface area (Å²) in [6, 6.07) is 16.6. The highest BCUT2D eigenvalue weighted by Crippen LogP contribution is 2.31. The van der Waals surface area contributed by atoms with E-state index in [2.05, 4.69) is 5.32 Å². The number of hydrogen-bond acceptors (Lipinski definition) is 6. The molecular formula is C29H27FN2O6. The molecule has 3 aromatic rings. The van der Waals surface area contributed by atoms with Crippen LogP contribution in [0.2, 0.25) is 0 Å². The standard InChI is InChI=1S/C29H27FN2O6/c1-3-15-37-23-12-10-22(11-13-23)32-28(34)24(27(33)31-29(32)35)16-20-7-14-25(26(17-20)36-4-2)38-18-19-5-8-21(30)9-6-19/h5-14,16-17H,3-4,15,18H2,1-2H3,(H,31,33,35)/b24-16-. The van der Waals surface area contributed by atoms with E-state index in [9.17, 15) is 18.8 Å². The molecule has 1 aliphatic rings. The highest BCUT2D eigenvalue weighted by molar-refractivity contribution is 6.39. The SMILES string of the molecule is CCCOc1ccc(N2C(=O)NC(=O)/C(=C/c3ccc(OCc4ccc(F)cc4)c(OCC)c3)C2=O)cc1. The lowest BCUT2D eigenvalue weighted by atomic mass is 10.1. The van der Waals surface area contributed by atoms with Gasteiger partial charge in [0.2, 0.25) is 0 Å². The number of carbonyl (C=O) groups excluding carboxylic acids is 3. The lowest BCUT2D eigenvalue weighted by molar-refractivity contribution is -0.122. The van der Waals surface area contributed by atoms with Crippen molar-refractivity contribution in [1.82, 2.24) is 5.32 Å². The minimum absolute atomic E-state index is 0.195. The van der Waals surface area contributed by atoms with Gasteiger partial charge in [0.05, 0.1) is 18.9 Å². The average Bonchev–Trinajstić information content (AvgIpc) is 2.91. The Bertz CT molecular complexity index is 1350. The van der Waals surface area contributed by atoms with Crippen LogP contribution in [0.1, 0.15) is 31.4 Å². The van der Waals surface area contributed by atoms with Crippen molar-refractivity contribution in [3.05, 3.63) is 89.2 Å². The minimum atomic E-state index is -0.834. The van der Waals surface area contributed by atoms with E-state index in [0.29, 0.717) is 41.7 Å². The molecule has 38 heavy (non-hydrogen) atoms. The third kappa shape index (κ3) is 6.18. The second-order valence-corrected chi connectivity index (χ2v) is 8.35. The molecule has 1 heterocycles. The molecule has 0 unspecified atom stereocenters. The first-order chi connectivity index (χ1) is 18.4. The number of hydrogen-bond donors (Lipinski definition) is 1. The van der Waals surface area contributed by atoms with Crippen LogP contribution in [0.5, 0.6) is 17.2 Å². The summed E-state index contributed by atoms with van der Waals surface area (Å²) in [4.78, 5) is 39.2. The van der Waals surface area contributed by atoms with Crippen molar-refractivity contribution in [2.24, 2.45) is 0 Å². The number of anilines is 1. The van der Waals surface area contributed by atoms with E-state index < -0.39 is 17.8 Å². The van der Waals surface area contributed by atoms with E-state index in [1.807, 2.05) is 13.8 Å². The molecule has 0 saturated carbocycles. The molecule has 0 radical (unpaired) electrons. The summed E-state index contributed by atoms with van der Waals surface area (Å²) in [7, 11) is 0. The zero-order valence-corrected chi connectivity index (χ0v) is 21.0. The Hall–Kier alpha value is -4.66. The fourth-order valence-electron chi connectivity index (χ4n) is 3.71. The van der Waals surface area contributed by atoms with Crippen LogP contribution in [0.15, 0.2) is 72.3 Å². The number of barbiturate groups is 1. The number of nitrogens with zero attached hydrogens (tertiary/aromatic N) is 1. The van der Waals surface area contributed by atoms with Crippen LogP contribution < -0.4 is 24.4 Å². The van der Waals surface area contributed by atoms with Gasteiger partial charge in [-0.15, -0.1) is 0 Å². The fraction of sp³-hybridized carbons (Fsp3) is 0.207. The maximum Gasteiger partial charge on any atom is 0.335 e. The van der Waals surface area contributed by atoms with Crippen molar-refractivity contribution < 1.29 is 33.0 Å². The third-order valence-electron chi connectivity index (χ3n) is 5.56. The van der Waals surface area contributed by atoms with Gasteiger partial charge in [-0.2, -0.15) is 0 Å². The Morgan fingerprint density at radius 1 is 0.868 bits per heavy atom. The number of imide groups is 2. The number of amides is 4. The summed E-state index contributed by atoms with van der Waals surface area (Å²) in [6.45, 7) is 4.90. The molecule has 3 aromatic carbocycles. The first-order valence-corrected chi connectivity index (χ1v) is 12.2. The minimum Gasteiger partial charge on any atom is -0.494 e. The quantitative estimate of drug-likeness (QED) is 0.291. The molecule has 9 heteroatoms. The smallest absolute Gasteiger partial charge is 0.335 e. The number of rotatable bonds is 10. The van der Waals surface area contributed by atoms with E-state index in [-0.39, 0.29) is 18.0 Å². The molecular weight excluding hydrogens is 491 g/mol. The number of ether oxygens (including phenoxy) is 3. The molecule has 0 aromatic heterocycles. The van der Waals surface area contributed by atoms with Crippen LogP contribution >= 0.6 is 0 Å². The first kappa shape index (κ1) is 26.4. The summed E-state index contributed by atoms with van der Waals surface area (Å²) in [5.74, 6) is -0.425. The molecule has 0 bridgehead atoms. The van der Waals surface area contributed by atoms with Crippen molar-refractivity contribution in [2.45, 2.75) is 26.9 Å². The summed E-state index contributed by atoms with van der Waals surface area (Å²) in [5.41, 5.74) is 1.37. The van der Waals surface area contributed by atoms with Crippen molar-refractivity contribution in [2.75, 3.05) is 18.1 Å². The van der Waals surface area contributed by atoms with Gasteiger partial charge in [-0.3, -0.25) is 14.9 Å². The van der Waals surface area contributed by atoms with Crippen LogP contribution in [-0.4, -0.2) is 31.1 Å². The molecule has 1 N–H and O–H groups in total. The third-order valence-corrected chi connectivity index (χ3v) is 5.56. The lowest BCUT2D eigenvalue weighted by Crippen LogP contribution is -2.54. The second-order valence-electron chi connectivity index (χ2n) is 8.35. The van der Waals surface area contributed by atoms with Crippen LogP contribution in [0.4, 0.5) is 14.9 Å². The Morgan fingerprint density at radius 2 is 1.61 bits per heavy atom. The first-order valence-electron chi connectivity index (χ1n) is 12.2. The largest absolute Gasteiger partial charge is 0.494 e. The predicted octanol–water partition coefficient (Wildman–Crippen LogP) is 5.26. The molecule has 8 nitrogen and oxygen atoms in total. The summed E-state index contributed by atoms with van der Waals surface area (Å²) in [6.07, 6.45) is 2.24. The molecule has 1 aliphatic heterocycles. The second kappa shape index (κ2) is 12.1. The van der Waals surface area contributed by atoms with Gasteiger partial charge in [0.25, 0.3) is 11.8 Å². The van der Waals surface area contributed by atoms with Crippen LogP contribution in [0, 0.1) is 5.82 Å². The maximum atomic E-state index is 13.2. The van der Waals surface area contributed by atoms with Gasteiger partial charge in [0.1, 0.15) is 23.7 Å². The molecule has 0 aliphatic carbocycles. The predicted molar refractivity (Wildman–Crippen MR) is 140 cm³/mol. The van der Waals surface area contributed by atoms with Gasteiger partial charge < -0.3 is 14.2 Å². The van der Waals surface area contributed by atoms with Gasteiger partial charge in [0.15, 0.2) is 11.5 Å². The zero-order chi connectivity index (χ0) is 27.1. The van der Waals surface area contributed by atoms with Gasteiger partial charge in [-0.05, 0) is 79.1 Å². The highest BCUT2D eigenvalue weighted by atomic mass is 19.1. The number of urea groups is 1. The normalized spacial score (nSPS) is 14.4. The van der Waals surface area contributed by atoms with E-state index in [4.69, 9.17) is 14.2 Å². The molecule has 1 fully saturated rings. The topological polar surface area (TPSA) is 94.2 Å². The molecule has 0 atom stereocenters. The molecule has 196 valence electrons. The van der Waals surface area contributed by atoms with Crippen LogP contribution in [-0.2, 0) is 16.2 Å². The fourth-order valence-corrected chi connectivity index (χ4v) is 3.71. The van der Waals surface area contributed by atoms with Crippen molar-refractivity contribution in [1.29, 1.82) is 0 Å². The van der Waals surface area contributed by atoms with E-state index >= 15 is 0 Å². The number of carbonyl (C=O) groups is 3. The zero-order valence-electron chi connectivity index (χ0n) is 21.0. The average molecular weight is 519 g/mol. The lowest BCUT2D eigenvalue weighted by Gasteiger charge is -2.26. The Morgan fingerprint density at radius 3 is 2.29 bits per heavy atom. The number of halogens is 1. The van der Waals surface area contributed by atoms with Gasteiger partial charge in [0, 0.05) is 0 Å². The van der Waals surface area contributed by atoms with Crippen molar-refractivity contribution >= 4 is 29.6 Å². The van der Waals surface area contributed by atoms with E-state index in [0.717, 1.165) is 16.9 Å². The molecule has 4 amide bonds. The maximum absolute atomic E-state index is 13.2. The van der Waals surface area contributed by atoms with Crippen molar-refractivity contribution in [3.8, 4) is 17.2 Å². The summed E-state index contributed by atoms with van der Waals surface area (Å²) < 4.78 is 30.3. The summed E-state index contributed by atoms with van der Waals surface area (Å²) in [5, 5.41) is 2.22. The Balaban J connectivity index is 1.56. The van der Waals surface area contributed by atoms with E-state index in [1.165, 1.54) is 18.2 Å². The molecule has 4 rings (SSSR count). The molecule has 0 spiro atoms. The highest BCUT2D eigenvalue weighted by Gasteiger charge is 2.36. The van der Waals surface area contributed by atoms with Crippen LogP contribution in [0.3, 0.4) is 0 Å². The Labute approximate surface area is 219 Å². The van der Waals surface area contributed by atoms with Crippen molar-refractivity contribution in [3.63, 3.8) is 0 Å². The van der Waals surface area contributed by atoms with Gasteiger partial charge >= 0.3 is 6.03 Å². The van der Waals surface area contributed by atoms with Gasteiger partial charge in [-0.25, -0.2) is 14.1 Å². The Kier molecular flexibility index (Phi) is 8.37. The van der Waals surface area contributed by atoms with E-state index in [1.54, 1.807) is 54.6 Å². The van der Waals surface area contributed by atoms with Gasteiger partial charge in [-0.1, -0.05) is 25.1 Å². The number of nitrogens with one attached hydrogen (secondary N) is 1. The monoisotopic (exact) mass is 518 g/mol. The molecule has 1 saturated heterocycles. The summed E-state index contributed by atoms with van der Waals surface area (Å²) >= 11 is 0.